The minimum atomic E-state index is -0.0669. The lowest BCUT2D eigenvalue weighted by molar-refractivity contribution is -0.130. The van der Waals surface area contributed by atoms with E-state index in [1.165, 1.54) is 6.92 Å². The van der Waals surface area contributed by atoms with Crippen LogP contribution in [0.5, 0.6) is 5.75 Å². The third-order valence-electron chi connectivity index (χ3n) is 3.40. The van der Waals surface area contributed by atoms with Gasteiger partial charge in [0, 0.05) is 26.9 Å². The summed E-state index contributed by atoms with van der Waals surface area (Å²) in [4.78, 5) is 24.3. The molecule has 0 bridgehead atoms. The molecule has 5 heteroatoms. The van der Waals surface area contributed by atoms with E-state index in [-0.39, 0.29) is 11.8 Å². The van der Waals surface area contributed by atoms with E-state index in [2.05, 4.69) is 5.32 Å². The van der Waals surface area contributed by atoms with E-state index in [4.69, 9.17) is 4.74 Å². The van der Waals surface area contributed by atoms with Crippen LogP contribution in [0, 0.1) is 13.8 Å². The number of ether oxygens (including phenoxy) is 1. The molecule has 0 saturated heterocycles. The topological polar surface area (TPSA) is 58.6 Å². The molecule has 0 aromatic heterocycles. The molecule has 22 heavy (non-hydrogen) atoms. The molecule has 2 amide bonds. The molecule has 0 spiro atoms. The molecule has 1 N–H and O–H groups in total. The van der Waals surface area contributed by atoms with Gasteiger partial charge in [0.25, 0.3) is 0 Å². The maximum Gasteiger partial charge on any atom is 0.222 e. The molecule has 0 saturated carbocycles. The van der Waals surface area contributed by atoms with Crippen molar-refractivity contribution in [1.29, 1.82) is 0 Å². The Morgan fingerprint density at radius 2 is 2.00 bits per heavy atom. The fraction of sp³-hybridized carbons (Fsp3) is 0.529. The Morgan fingerprint density at radius 3 is 2.68 bits per heavy atom. The Hall–Kier alpha value is -2.04. The SMILES string of the molecule is CC(=O)NCCCC(=O)N(C)CCOc1cc(C)ccc1C. The van der Waals surface area contributed by atoms with Gasteiger partial charge in [-0.25, -0.2) is 0 Å². The van der Waals surface area contributed by atoms with Gasteiger partial charge in [0.1, 0.15) is 12.4 Å². The summed E-state index contributed by atoms with van der Waals surface area (Å²) < 4.78 is 5.74. The molecule has 0 fully saturated rings. The monoisotopic (exact) mass is 306 g/mol. The highest BCUT2D eigenvalue weighted by molar-refractivity contribution is 5.76. The number of nitrogens with one attached hydrogen (secondary N) is 1. The summed E-state index contributed by atoms with van der Waals surface area (Å²) >= 11 is 0. The molecule has 0 heterocycles. The number of nitrogens with zero attached hydrogens (tertiary/aromatic N) is 1. The Labute approximate surface area is 132 Å². The molecule has 1 aromatic carbocycles. The normalized spacial score (nSPS) is 10.2. The van der Waals surface area contributed by atoms with Crippen LogP contribution in [-0.4, -0.2) is 43.5 Å². The number of likely N-dealkylation sites (N-methyl/N-ethyl adjacent to an activating group) is 1. The van der Waals surface area contributed by atoms with Gasteiger partial charge in [-0.2, -0.15) is 0 Å². The molecular weight excluding hydrogens is 280 g/mol. The van der Waals surface area contributed by atoms with Crippen molar-refractivity contribution in [3.05, 3.63) is 29.3 Å². The summed E-state index contributed by atoms with van der Waals surface area (Å²) in [6.45, 7) is 7.06. The maximum atomic E-state index is 11.9. The minimum Gasteiger partial charge on any atom is -0.491 e. The van der Waals surface area contributed by atoms with Gasteiger partial charge in [-0.1, -0.05) is 12.1 Å². The van der Waals surface area contributed by atoms with Crippen molar-refractivity contribution in [3.63, 3.8) is 0 Å². The molecule has 0 radical (unpaired) electrons. The second kappa shape index (κ2) is 9.07. The predicted molar refractivity (Wildman–Crippen MR) is 87.0 cm³/mol. The number of aryl methyl sites for hydroxylation is 2. The van der Waals surface area contributed by atoms with Gasteiger partial charge in [-0.3, -0.25) is 9.59 Å². The lowest BCUT2D eigenvalue weighted by atomic mass is 10.1. The van der Waals surface area contributed by atoms with E-state index in [0.29, 0.717) is 32.5 Å². The summed E-state index contributed by atoms with van der Waals surface area (Å²) in [6, 6.07) is 6.08. The predicted octanol–water partition coefficient (Wildman–Crippen LogP) is 2.06. The molecule has 0 unspecified atom stereocenters. The number of hydrogen-bond acceptors (Lipinski definition) is 3. The smallest absolute Gasteiger partial charge is 0.222 e. The highest BCUT2D eigenvalue weighted by Gasteiger charge is 2.09. The quantitative estimate of drug-likeness (QED) is 0.748. The van der Waals surface area contributed by atoms with Crippen LogP contribution in [0.4, 0.5) is 0 Å². The number of amides is 2. The van der Waals surface area contributed by atoms with Crippen molar-refractivity contribution in [2.45, 2.75) is 33.6 Å². The zero-order valence-corrected chi connectivity index (χ0v) is 13.9. The number of hydrogen-bond donors (Lipinski definition) is 1. The zero-order valence-electron chi connectivity index (χ0n) is 13.9. The molecular formula is C17H26N2O3. The lowest BCUT2D eigenvalue weighted by Crippen LogP contribution is -2.31. The van der Waals surface area contributed by atoms with E-state index in [1.807, 2.05) is 32.0 Å². The maximum absolute atomic E-state index is 11.9. The van der Waals surface area contributed by atoms with E-state index >= 15 is 0 Å². The lowest BCUT2D eigenvalue weighted by Gasteiger charge is -2.18. The van der Waals surface area contributed by atoms with Gasteiger partial charge in [0.2, 0.25) is 11.8 Å². The van der Waals surface area contributed by atoms with Crippen molar-refractivity contribution in [1.82, 2.24) is 10.2 Å². The van der Waals surface area contributed by atoms with Crippen LogP contribution in [0.1, 0.15) is 30.9 Å². The molecule has 122 valence electrons. The van der Waals surface area contributed by atoms with Crippen molar-refractivity contribution >= 4 is 11.8 Å². The minimum absolute atomic E-state index is 0.0647. The number of carbonyl (C=O) groups is 2. The second-order valence-electron chi connectivity index (χ2n) is 5.52. The van der Waals surface area contributed by atoms with Crippen LogP contribution >= 0.6 is 0 Å². The van der Waals surface area contributed by atoms with Crippen LogP contribution in [-0.2, 0) is 9.59 Å². The van der Waals surface area contributed by atoms with Crippen LogP contribution in [0.25, 0.3) is 0 Å². The van der Waals surface area contributed by atoms with Gasteiger partial charge in [0.05, 0.1) is 6.54 Å². The molecule has 1 rings (SSSR count). The van der Waals surface area contributed by atoms with Gasteiger partial charge in [0.15, 0.2) is 0 Å². The first kappa shape index (κ1) is 18.0. The van der Waals surface area contributed by atoms with Gasteiger partial charge in [-0.05, 0) is 37.5 Å². The number of rotatable bonds is 8. The fourth-order valence-electron chi connectivity index (χ4n) is 1.97. The summed E-state index contributed by atoms with van der Waals surface area (Å²) in [5, 5.41) is 2.68. The molecule has 5 nitrogen and oxygen atoms in total. The molecule has 0 atom stereocenters. The Balaban J connectivity index is 2.27. The number of carbonyl (C=O) groups excluding carboxylic acids is 2. The largest absolute Gasteiger partial charge is 0.491 e. The fourth-order valence-corrected chi connectivity index (χ4v) is 1.97. The summed E-state index contributed by atoms with van der Waals surface area (Å²) in [5.41, 5.74) is 2.25. The summed E-state index contributed by atoms with van der Waals surface area (Å²) in [7, 11) is 1.77. The average Bonchev–Trinajstić information content (AvgIpc) is 2.46. The first-order valence-electron chi connectivity index (χ1n) is 7.58. The van der Waals surface area contributed by atoms with Crippen LogP contribution in [0.2, 0.25) is 0 Å². The van der Waals surface area contributed by atoms with Crippen molar-refractivity contribution < 1.29 is 14.3 Å². The molecule has 0 aliphatic rings. The third-order valence-corrected chi connectivity index (χ3v) is 3.40. The van der Waals surface area contributed by atoms with Crippen molar-refractivity contribution in [2.75, 3.05) is 26.7 Å². The van der Waals surface area contributed by atoms with Crippen molar-refractivity contribution in [2.24, 2.45) is 0 Å². The highest BCUT2D eigenvalue weighted by Crippen LogP contribution is 2.18. The molecule has 0 aliphatic heterocycles. The molecule has 1 aromatic rings. The Kier molecular flexibility index (Phi) is 7.43. The van der Waals surface area contributed by atoms with Crippen molar-refractivity contribution in [3.8, 4) is 5.75 Å². The standard InChI is InChI=1S/C17H26N2O3/c1-13-7-8-14(2)16(12-13)22-11-10-19(4)17(21)6-5-9-18-15(3)20/h7-8,12H,5-6,9-11H2,1-4H3,(H,18,20). The highest BCUT2D eigenvalue weighted by atomic mass is 16.5. The van der Waals surface area contributed by atoms with E-state index in [9.17, 15) is 9.59 Å². The van der Waals surface area contributed by atoms with Crippen LogP contribution in [0.3, 0.4) is 0 Å². The molecule has 0 aliphatic carbocycles. The van der Waals surface area contributed by atoms with Crippen LogP contribution in [0.15, 0.2) is 18.2 Å². The first-order chi connectivity index (χ1) is 10.4. The average molecular weight is 306 g/mol. The van der Waals surface area contributed by atoms with E-state index < -0.39 is 0 Å². The van der Waals surface area contributed by atoms with E-state index in [0.717, 1.165) is 16.9 Å². The summed E-state index contributed by atoms with van der Waals surface area (Å²) in [5.74, 6) is 0.865. The summed E-state index contributed by atoms with van der Waals surface area (Å²) in [6.07, 6.45) is 1.08. The number of benzene rings is 1. The second-order valence-corrected chi connectivity index (χ2v) is 5.52. The van der Waals surface area contributed by atoms with Gasteiger partial charge < -0.3 is 15.0 Å². The van der Waals surface area contributed by atoms with Gasteiger partial charge >= 0.3 is 0 Å². The zero-order chi connectivity index (χ0) is 16.5. The Bertz CT molecular complexity index is 515. The van der Waals surface area contributed by atoms with Crippen LogP contribution < -0.4 is 10.1 Å². The first-order valence-corrected chi connectivity index (χ1v) is 7.58. The third kappa shape index (κ3) is 6.61. The van der Waals surface area contributed by atoms with Gasteiger partial charge in [-0.15, -0.1) is 0 Å². The van der Waals surface area contributed by atoms with E-state index in [1.54, 1.807) is 11.9 Å². The Morgan fingerprint density at radius 1 is 1.27 bits per heavy atom.